The van der Waals surface area contributed by atoms with Crippen LogP contribution in [0.25, 0.3) is 16.8 Å². The van der Waals surface area contributed by atoms with Crippen LogP contribution in [0.1, 0.15) is 43.6 Å². The number of aromatic nitrogens is 6. The molecule has 35 heavy (non-hydrogen) atoms. The van der Waals surface area contributed by atoms with E-state index < -0.39 is 0 Å². The summed E-state index contributed by atoms with van der Waals surface area (Å²) >= 11 is 0. The van der Waals surface area contributed by atoms with Crippen LogP contribution in [0.5, 0.6) is 0 Å². The number of aryl methyl sites for hydroxylation is 1. The molecule has 6 rings (SSSR count). The Morgan fingerprint density at radius 2 is 1.63 bits per heavy atom. The molecule has 0 radical (unpaired) electrons. The van der Waals surface area contributed by atoms with Gasteiger partial charge < -0.3 is 10.6 Å². The lowest BCUT2D eigenvalue weighted by Gasteiger charge is -2.15. The number of nitrogens with one attached hydrogen (secondary N) is 2. The maximum Gasteiger partial charge on any atom is 0.255 e. The summed E-state index contributed by atoms with van der Waals surface area (Å²) in [6.07, 6.45) is 16.8. The summed E-state index contributed by atoms with van der Waals surface area (Å²) in [7, 11) is 1.87. The Labute approximate surface area is 203 Å². The first-order valence-electron chi connectivity index (χ1n) is 12.1. The maximum absolute atomic E-state index is 12.5. The van der Waals surface area contributed by atoms with Crippen molar-refractivity contribution in [3.05, 3.63) is 77.4 Å². The predicted octanol–water partition coefficient (Wildman–Crippen LogP) is 3.75. The van der Waals surface area contributed by atoms with E-state index in [-0.39, 0.29) is 5.56 Å². The van der Waals surface area contributed by atoms with Crippen molar-refractivity contribution in [2.45, 2.75) is 50.1 Å². The van der Waals surface area contributed by atoms with Crippen LogP contribution in [-0.2, 0) is 7.05 Å². The van der Waals surface area contributed by atoms with Crippen molar-refractivity contribution in [2.75, 3.05) is 10.6 Å². The summed E-state index contributed by atoms with van der Waals surface area (Å²) in [5.41, 5.74) is 3.76. The molecular formula is C26H28N8O. The minimum Gasteiger partial charge on any atom is -0.367 e. The molecule has 178 valence electrons. The first kappa shape index (κ1) is 21.5. The van der Waals surface area contributed by atoms with Gasteiger partial charge in [-0.05, 0) is 61.8 Å². The maximum atomic E-state index is 12.5. The van der Waals surface area contributed by atoms with Crippen molar-refractivity contribution in [3.8, 4) is 16.8 Å². The van der Waals surface area contributed by atoms with Crippen LogP contribution in [0.4, 0.5) is 11.8 Å². The normalized spacial score (nSPS) is 19.6. The Morgan fingerprint density at radius 3 is 2.31 bits per heavy atom. The molecule has 9 nitrogen and oxygen atoms in total. The van der Waals surface area contributed by atoms with Crippen molar-refractivity contribution in [1.29, 1.82) is 0 Å². The SMILES string of the molecule is Cn1cc(-c2ccc(=O)n(-c3ccc(N[C@H]4CC[C@H](Nc5ncc(C6CC6)cn5)C4)nc3)c2)cn1. The van der Waals surface area contributed by atoms with E-state index in [4.69, 9.17) is 0 Å². The van der Waals surface area contributed by atoms with E-state index in [1.807, 2.05) is 50.0 Å². The molecule has 2 aliphatic rings. The van der Waals surface area contributed by atoms with Crippen molar-refractivity contribution in [3.63, 3.8) is 0 Å². The predicted molar refractivity (Wildman–Crippen MR) is 135 cm³/mol. The van der Waals surface area contributed by atoms with Crippen LogP contribution < -0.4 is 16.2 Å². The van der Waals surface area contributed by atoms with Gasteiger partial charge in [-0.25, -0.2) is 15.0 Å². The second-order valence-electron chi connectivity index (χ2n) is 9.54. The quantitative estimate of drug-likeness (QED) is 0.426. The standard InChI is InChI=1S/C26H28N8O/c1-33-15-20(13-30-33)18-4-9-25(35)34(16-18)23-7-8-24(27-14-23)31-21-5-6-22(10-21)32-26-28-11-19(12-29-26)17-2-3-17/h4,7-9,11-17,21-22H,2-3,5-6,10H2,1H3,(H,27,31)(H,28,29,32)/t21-,22-/m0/s1. The highest BCUT2D eigenvalue weighted by Gasteiger charge is 2.26. The first-order valence-corrected chi connectivity index (χ1v) is 12.1. The van der Waals surface area contributed by atoms with Crippen LogP contribution in [0.15, 0.2) is 66.2 Å². The highest BCUT2D eigenvalue weighted by molar-refractivity contribution is 5.61. The molecule has 0 bridgehead atoms. The molecule has 4 aromatic rings. The minimum atomic E-state index is -0.0998. The van der Waals surface area contributed by atoms with Crippen LogP contribution >= 0.6 is 0 Å². The van der Waals surface area contributed by atoms with Crippen molar-refractivity contribution in [2.24, 2.45) is 7.05 Å². The Balaban J connectivity index is 1.08. The third kappa shape index (κ3) is 4.80. The minimum absolute atomic E-state index is 0.0998. The summed E-state index contributed by atoms with van der Waals surface area (Å²) in [6.45, 7) is 0. The van der Waals surface area contributed by atoms with Crippen molar-refractivity contribution in [1.82, 2.24) is 29.3 Å². The van der Waals surface area contributed by atoms with Gasteiger partial charge in [-0.2, -0.15) is 5.10 Å². The van der Waals surface area contributed by atoms with E-state index in [1.165, 1.54) is 18.4 Å². The molecule has 0 amide bonds. The van der Waals surface area contributed by atoms with Gasteiger partial charge in [0.15, 0.2) is 0 Å². The average molecular weight is 469 g/mol. The molecule has 2 aliphatic carbocycles. The molecule has 2 atom stereocenters. The van der Waals surface area contributed by atoms with Gasteiger partial charge in [0.25, 0.3) is 5.56 Å². The zero-order valence-electron chi connectivity index (χ0n) is 19.6. The summed E-state index contributed by atoms with van der Waals surface area (Å²) in [6, 6.07) is 7.91. The molecule has 2 saturated carbocycles. The highest BCUT2D eigenvalue weighted by atomic mass is 16.1. The van der Waals surface area contributed by atoms with Crippen molar-refractivity contribution < 1.29 is 0 Å². The number of hydrogen-bond donors (Lipinski definition) is 2. The lowest BCUT2D eigenvalue weighted by atomic mass is 10.1. The van der Waals surface area contributed by atoms with Crippen LogP contribution in [0.3, 0.4) is 0 Å². The Hall–Kier alpha value is -4.01. The second kappa shape index (κ2) is 8.98. The first-order chi connectivity index (χ1) is 17.1. The Morgan fingerprint density at radius 1 is 0.829 bits per heavy atom. The third-order valence-electron chi connectivity index (χ3n) is 6.81. The number of rotatable bonds is 7. The summed E-state index contributed by atoms with van der Waals surface area (Å²) in [5.74, 6) is 2.19. The van der Waals surface area contributed by atoms with Crippen LogP contribution in [-0.4, -0.2) is 41.4 Å². The van der Waals surface area contributed by atoms with E-state index >= 15 is 0 Å². The molecular weight excluding hydrogens is 440 g/mol. The lowest BCUT2D eigenvalue weighted by Crippen LogP contribution is -2.22. The Bertz CT molecular complexity index is 1370. The van der Waals surface area contributed by atoms with Gasteiger partial charge in [-0.3, -0.25) is 14.0 Å². The molecule has 4 aromatic heterocycles. The average Bonchev–Trinajstić information content (AvgIpc) is 3.49. The number of pyridine rings is 2. The fourth-order valence-corrected chi connectivity index (χ4v) is 4.72. The lowest BCUT2D eigenvalue weighted by molar-refractivity contribution is 0.716. The largest absolute Gasteiger partial charge is 0.367 e. The zero-order chi connectivity index (χ0) is 23.8. The van der Waals surface area contributed by atoms with Crippen LogP contribution in [0.2, 0.25) is 0 Å². The van der Waals surface area contributed by atoms with Gasteiger partial charge in [0.1, 0.15) is 5.82 Å². The monoisotopic (exact) mass is 468 g/mol. The molecule has 2 fully saturated rings. The van der Waals surface area contributed by atoms with Crippen LogP contribution in [0, 0.1) is 0 Å². The van der Waals surface area contributed by atoms with Crippen molar-refractivity contribution >= 4 is 11.8 Å². The molecule has 2 N–H and O–H groups in total. The fourth-order valence-electron chi connectivity index (χ4n) is 4.72. The van der Waals surface area contributed by atoms with E-state index in [1.54, 1.807) is 27.7 Å². The molecule has 4 heterocycles. The highest BCUT2D eigenvalue weighted by Crippen LogP contribution is 2.39. The molecule has 0 spiro atoms. The number of nitrogens with zero attached hydrogens (tertiary/aromatic N) is 6. The smallest absolute Gasteiger partial charge is 0.255 e. The van der Waals surface area contributed by atoms with E-state index in [0.29, 0.717) is 23.9 Å². The molecule has 9 heteroatoms. The van der Waals surface area contributed by atoms with Gasteiger partial charge in [0.05, 0.1) is 18.1 Å². The van der Waals surface area contributed by atoms with Gasteiger partial charge in [-0.1, -0.05) is 0 Å². The van der Waals surface area contributed by atoms with E-state index in [0.717, 1.165) is 41.9 Å². The Kier molecular flexibility index (Phi) is 5.52. The second-order valence-corrected chi connectivity index (χ2v) is 9.54. The number of anilines is 2. The summed E-state index contributed by atoms with van der Waals surface area (Å²) < 4.78 is 3.36. The third-order valence-corrected chi connectivity index (χ3v) is 6.81. The molecule has 0 unspecified atom stereocenters. The topological polar surface area (TPSA) is 103 Å². The van der Waals surface area contributed by atoms with Gasteiger partial charge in [0, 0.05) is 61.1 Å². The zero-order valence-corrected chi connectivity index (χ0v) is 19.6. The summed E-state index contributed by atoms with van der Waals surface area (Å²) in [4.78, 5) is 26.1. The van der Waals surface area contributed by atoms with E-state index in [2.05, 4.69) is 30.7 Å². The van der Waals surface area contributed by atoms with Gasteiger partial charge >= 0.3 is 0 Å². The molecule has 0 aromatic carbocycles. The number of hydrogen-bond acceptors (Lipinski definition) is 7. The molecule has 0 saturated heterocycles. The van der Waals surface area contributed by atoms with Gasteiger partial charge in [0.2, 0.25) is 5.95 Å². The molecule has 0 aliphatic heterocycles. The fraction of sp³-hybridized carbons (Fsp3) is 0.346. The van der Waals surface area contributed by atoms with E-state index in [9.17, 15) is 4.79 Å². The van der Waals surface area contributed by atoms with Gasteiger partial charge in [-0.15, -0.1) is 0 Å². The summed E-state index contributed by atoms with van der Waals surface area (Å²) in [5, 5.41) is 11.2.